The first-order valence-corrected chi connectivity index (χ1v) is 8.90. The summed E-state index contributed by atoms with van der Waals surface area (Å²) in [6, 6.07) is 10.8. The van der Waals surface area contributed by atoms with E-state index in [1.807, 2.05) is 7.05 Å². The summed E-state index contributed by atoms with van der Waals surface area (Å²) in [5.41, 5.74) is 1.29. The summed E-state index contributed by atoms with van der Waals surface area (Å²) < 4.78 is 11.3. The second kappa shape index (κ2) is 9.73. The largest absolute Gasteiger partial charge is 0.381 e. The highest BCUT2D eigenvalue weighted by atomic mass is 127. The van der Waals surface area contributed by atoms with Gasteiger partial charge in [0, 0.05) is 65.8 Å². The topological polar surface area (TPSA) is 46.1 Å². The van der Waals surface area contributed by atoms with Gasteiger partial charge in [0.1, 0.15) is 0 Å². The molecule has 6 heteroatoms. The molecule has 1 aromatic carbocycles. The van der Waals surface area contributed by atoms with Crippen LogP contribution in [-0.2, 0) is 9.47 Å². The Bertz CT molecular complexity index is 547. The van der Waals surface area contributed by atoms with Crippen molar-refractivity contribution in [3.63, 3.8) is 0 Å². The predicted molar refractivity (Wildman–Crippen MR) is 112 cm³/mol. The van der Waals surface area contributed by atoms with E-state index in [2.05, 4.69) is 45.5 Å². The Hall–Kier alpha value is -0.860. The fourth-order valence-corrected chi connectivity index (χ4v) is 3.72. The molecular weight excluding hydrogens is 429 g/mol. The third-order valence-electron chi connectivity index (χ3n) is 5.38. The molecule has 2 fully saturated rings. The minimum atomic E-state index is -0.132. The van der Waals surface area contributed by atoms with Crippen molar-refractivity contribution in [2.75, 3.05) is 47.0 Å². The molecule has 5 nitrogen and oxygen atoms in total. The number of benzene rings is 1. The van der Waals surface area contributed by atoms with E-state index < -0.39 is 0 Å². The zero-order valence-electron chi connectivity index (χ0n) is 15.2. The van der Waals surface area contributed by atoms with E-state index >= 15 is 0 Å². The number of likely N-dealkylation sites (tertiary alicyclic amines) is 1. The zero-order valence-corrected chi connectivity index (χ0v) is 17.6. The number of methoxy groups -OCH3 is 1. The molecule has 0 radical (unpaired) electrons. The van der Waals surface area contributed by atoms with Gasteiger partial charge in [0.2, 0.25) is 0 Å². The molecule has 0 amide bonds. The lowest BCUT2D eigenvalue weighted by Crippen LogP contribution is -2.51. The van der Waals surface area contributed by atoms with E-state index in [9.17, 15) is 0 Å². The minimum Gasteiger partial charge on any atom is -0.381 e. The average molecular weight is 459 g/mol. The summed E-state index contributed by atoms with van der Waals surface area (Å²) in [5, 5.41) is 3.54. The summed E-state index contributed by atoms with van der Waals surface area (Å²) in [6.07, 6.45) is 3.04. The SMILES string of the molecule is CN=C(NCC1(OC)CCOCC1)N1CCC(c2ccccc2)C1.I. The van der Waals surface area contributed by atoms with E-state index in [4.69, 9.17) is 9.47 Å². The molecule has 2 aliphatic rings. The maximum absolute atomic E-state index is 5.81. The van der Waals surface area contributed by atoms with Crippen LogP contribution in [0.3, 0.4) is 0 Å². The van der Waals surface area contributed by atoms with Gasteiger partial charge in [0.05, 0.1) is 5.60 Å². The molecule has 1 N–H and O–H groups in total. The van der Waals surface area contributed by atoms with Gasteiger partial charge >= 0.3 is 0 Å². The van der Waals surface area contributed by atoms with Gasteiger partial charge in [-0.15, -0.1) is 24.0 Å². The fourth-order valence-electron chi connectivity index (χ4n) is 3.72. The first kappa shape index (κ1) is 20.5. The molecule has 140 valence electrons. The lowest BCUT2D eigenvalue weighted by Gasteiger charge is -2.37. The molecule has 2 saturated heterocycles. The van der Waals surface area contributed by atoms with E-state index in [1.165, 1.54) is 12.0 Å². The molecular formula is C19H30IN3O2. The van der Waals surface area contributed by atoms with E-state index in [1.54, 1.807) is 7.11 Å². The molecule has 0 aliphatic carbocycles. The summed E-state index contributed by atoms with van der Waals surface area (Å²) in [5.74, 6) is 1.57. The van der Waals surface area contributed by atoms with Gasteiger partial charge in [0.25, 0.3) is 0 Å². The van der Waals surface area contributed by atoms with Crippen LogP contribution in [-0.4, -0.2) is 63.5 Å². The number of nitrogens with zero attached hydrogens (tertiary/aromatic N) is 2. The first-order valence-electron chi connectivity index (χ1n) is 8.90. The molecule has 1 unspecified atom stereocenters. The van der Waals surface area contributed by atoms with Crippen molar-refractivity contribution in [1.29, 1.82) is 0 Å². The second-order valence-corrected chi connectivity index (χ2v) is 6.74. The van der Waals surface area contributed by atoms with Gasteiger partial charge in [-0.3, -0.25) is 4.99 Å². The standard InChI is InChI=1S/C19H29N3O2.HI/c1-20-18(21-15-19(23-2)9-12-24-13-10-19)22-11-8-17(14-22)16-6-4-3-5-7-16;/h3-7,17H,8-15H2,1-2H3,(H,20,21);1H. The third-order valence-corrected chi connectivity index (χ3v) is 5.38. The number of aliphatic imine (C=N–C) groups is 1. The Balaban J connectivity index is 0.00000225. The quantitative estimate of drug-likeness (QED) is 0.428. The maximum atomic E-state index is 5.81. The Morgan fingerprint density at radius 3 is 2.68 bits per heavy atom. The molecule has 25 heavy (non-hydrogen) atoms. The van der Waals surface area contributed by atoms with Gasteiger partial charge in [-0.05, 0) is 12.0 Å². The highest BCUT2D eigenvalue weighted by molar-refractivity contribution is 14.0. The molecule has 0 aromatic heterocycles. The van der Waals surface area contributed by atoms with E-state index in [0.717, 1.165) is 51.6 Å². The Labute approximate surface area is 168 Å². The number of nitrogens with one attached hydrogen (secondary N) is 1. The van der Waals surface area contributed by atoms with Gasteiger partial charge < -0.3 is 19.7 Å². The molecule has 2 heterocycles. The molecule has 2 aliphatic heterocycles. The summed E-state index contributed by atoms with van der Waals surface area (Å²) in [4.78, 5) is 6.85. The number of hydrogen-bond acceptors (Lipinski definition) is 3. The van der Waals surface area contributed by atoms with Crippen molar-refractivity contribution in [3.05, 3.63) is 35.9 Å². The lowest BCUT2D eigenvalue weighted by molar-refractivity contribution is -0.0857. The number of guanidine groups is 1. The fraction of sp³-hybridized carbons (Fsp3) is 0.632. The Morgan fingerprint density at radius 2 is 2.04 bits per heavy atom. The van der Waals surface area contributed by atoms with Crippen LogP contribution in [0.25, 0.3) is 0 Å². The van der Waals surface area contributed by atoms with Gasteiger partial charge in [-0.2, -0.15) is 0 Å². The number of rotatable bonds is 4. The van der Waals surface area contributed by atoms with Crippen LogP contribution in [0, 0.1) is 0 Å². The number of ether oxygens (including phenoxy) is 2. The van der Waals surface area contributed by atoms with Crippen molar-refractivity contribution < 1.29 is 9.47 Å². The van der Waals surface area contributed by atoms with Crippen LogP contribution in [0.2, 0.25) is 0 Å². The Kier molecular flexibility index (Phi) is 7.96. The van der Waals surface area contributed by atoms with E-state index in [-0.39, 0.29) is 29.6 Å². The average Bonchev–Trinajstić information content (AvgIpc) is 3.14. The predicted octanol–water partition coefficient (Wildman–Crippen LogP) is 2.86. The molecule has 0 saturated carbocycles. The minimum absolute atomic E-state index is 0. The van der Waals surface area contributed by atoms with Crippen LogP contribution in [0.15, 0.2) is 35.3 Å². The summed E-state index contributed by atoms with van der Waals surface area (Å²) >= 11 is 0. The van der Waals surface area contributed by atoms with Crippen LogP contribution in [0.4, 0.5) is 0 Å². The first-order chi connectivity index (χ1) is 11.8. The highest BCUT2D eigenvalue weighted by Crippen LogP contribution is 2.27. The van der Waals surface area contributed by atoms with Crippen molar-refractivity contribution in [2.24, 2.45) is 4.99 Å². The van der Waals surface area contributed by atoms with Crippen LogP contribution in [0.5, 0.6) is 0 Å². The van der Waals surface area contributed by atoms with Gasteiger partial charge in [-0.1, -0.05) is 30.3 Å². The van der Waals surface area contributed by atoms with Gasteiger partial charge in [-0.25, -0.2) is 0 Å². The monoisotopic (exact) mass is 459 g/mol. The zero-order chi connectivity index (χ0) is 16.8. The highest BCUT2D eigenvalue weighted by Gasteiger charge is 2.33. The number of halogens is 1. The normalized spacial score (nSPS) is 23.2. The molecule has 3 rings (SSSR count). The third kappa shape index (κ3) is 5.08. The van der Waals surface area contributed by atoms with Crippen LogP contribution in [0.1, 0.15) is 30.7 Å². The second-order valence-electron chi connectivity index (χ2n) is 6.74. The molecule has 1 aromatic rings. The smallest absolute Gasteiger partial charge is 0.193 e. The van der Waals surface area contributed by atoms with Crippen LogP contribution >= 0.6 is 24.0 Å². The van der Waals surface area contributed by atoms with Crippen molar-refractivity contribution >= 4 is 29.9 Å². The van der Waals surface area contributed by atoms with E-state index in [0.29, 0.717) is 5.92 Å². The summed E-state index contributed by atoms with van der Waals surface area (Å²) in [7, 11) is 3.67. The molecule has 0 spiro atoms. The summed E-state index contributed by atoms with van der Waals surface area (Å²) in [6.45, 7) is 4.39. The molecule has 0 bridgehead atoms. The number of hydrogen-bond donors (Lipinski definition) is 1. The maximum Gasteiger partial charge on any atom is 0.193 e. The Morgan fingerprint density at radius 1 is 1.32 bits per heavy atom. The van der Waals surface area contributed by atoms with Crippen molar-refractivity contribution in [3.8, 4) is 0 Å². The van der Waals surface area contributed by atoms with Crippen LogP contribution < -0.4 is 5.32 Å². The lowest BCUT2D eigenvalue weighted by atomic mass is 9.94. The van der Waals surface area contributed by atoms with Crippen molar-refractivity contribution in [1.82, 2.24) is 10.2 Å². The van der Waals surface area contributed by atoms with Gasteiger partial charge in [0.15, 0.2) is 5.96 Å². The molecule has 1 atom stereocenters. The van der Waals surface area contributed by atoms with Crippen molar-refractivity contribution in [2.45, 2.75) is 30.8 Å².